The van der Waals surface area contributed by atoms with Crippen LogP contribution < -0.4 is 9.47 Å². The highest BCUT2D eigenvalue weighted by atomic mass is 16.6. The molecule has 0 spiro atoms. The lowest BCUT2D eigenvalue weighted by atomic mass is 10.1. The van der Waals surface area contributed by atoms with E-state index in [4.69, 9.17) is 14.2 Å². The monoisotopic (exact) mass is 314 g/mol. The molecule has 0 aliphatic heterocycles. The van der Waals surface area contributed by atoms with Gasteiger partial charge in [-0.3, -0.25) is 0 Å². The van der Waals surface area contributed by atoms with Gasteiger partial charge in [0.1, 0.15) is 18.1 Å². The van der Waals surface area contributed by atoms with Crippen molar-refractivity contribution >= 4 is 5.97 Å². The van der Waals surface area contributed by atoms with Gasteiger partial charge >= 0.3 is 5.97 Å². The molecule has 0 radical (unpaired) electrons. The van der Waals surface area contributed by atoms with Crippen LogP contribution in [0.3, 0.4) is 0 Å². The molecule has 0 amide bonds. The number of carbonyl (C=O) groups excluding carboxylic acids is 1. The molecule has 122 valence electrons. The quantitative estimate of drug-likeness (QED) is 0.725. The smallest absolute Gasteiger partial charge is 0.349 e. The number of hydrogen-bond acceptors (Lipinski definition) is 4. The first-order chi connectivity index (χ1) is 11.0. The molecule has 0 aliphatic carbocycles. The molecule has 0 aromatic heterocycles. The summed E-state index contributed by atoms with van der Waals surface area (Å²) < 4.78 is 16.4. The second-order valence-corrected chi connectivity index (χ2v) is 5.58. The van der Waals surface area contributed by atoms with Crippen LogP contribution in [0.4, 0.5) is 0 Å². The van der Waals surface area contributed by atoms with Crippen molar-refractivity contribution in [1.29, 1.82) is 0 Å². The van der Waals surface area contributed by atoms with Gasteiger partial charge in [0.05, 0.1) is 6.61 Å². The molecule has 0 saturated carbocycles. The number of hydrogen-bond donors (Lipinski definition) is 0. The van der Waals surface area contributed by atoms with Crippen LogP contribution in [0.5, 0.6) is 11.5 Å². The summed E-state index contributed by atoms with van der Waals surface area (Å²) in [5.74, 6) is 0.953. The molecule has 0 heterocycles. The SMILES string of the molecule is CCOC(=O)C(C)(C)Oc1ccc(OCc2ccccc2)cc1. The van der Waals surface area contributed by atoms with Crippen LogP contribution in [-0.4, -0.2) is 18.2 Å². The van der Waals surface area contributed by atoms with Crippen molar-refractivity contribution in [3.8, 4) is 11.5 Å². The van der Waals surface area contributed by atoms with Crippen LogP contribution in [0.1, 0.15) is 26.3 Å². The molecule has 2 aromatic rings. The van der Waals surface area contributed by atoms with Crippen molar-refractivity contribution in [2.24, 2.45) is 0 Å². The van der Waals surface area contributed by atoms with E-state index in [1.54, 1.807) is 32.9 Å². The molecule has 0 atom stereocenters. The third-order valence-corrected chi connectivity index (χ3v) is 3.21. The maximum Gasteiger partial charge on any atom is 0.349 e. The highest BCUT2D eigenvalue weighted by Crippen LogP contribution is 2.23. The van der Waals surface area contributed by atoms with E-state index in [0.717, 1.165) is 11.3 Å². The molecular formula is C19H22O4. The lowest BCUT2D eigenvalue weighted by molar-refractivity contribution is -0.158. The fourth-order valence-electron chi connectivity index (χ4n) is 1.99. The highest BCUT2D eigenvalue weighted by Gasteiger charge is 2.31. The van der Waals surface area contributed by atoms with Crippen LogP contribution >= 0.6 is 0 Å². The van der Waals surface area contributed by atoms with Crippen LogP contribution in [0.15, 0.2) is 54.6 Å². The predicted octanol–water partition coefficient (Wildman–Crippen LogP) is 3.99. The highest BCUT2D eigenvalue weighted by molar-refractivity contribution is 5.79. The van der Waals surface area contributed by atoms with E-state index in [-0.39, 0.29) is 5.97 Å². The van der Waals surface area contributed by atoms with E-state index in [9.17, 15) is 4.79 Å². The average molecular weight is 314 g/mol. The largest absolute Gasteiger partial charge is 0.489 e. The van der Waals surface area contributed by atoms with Gasteiger partial charge in [0.2, 0.25) is 0 Å². The van der Waals surface area contributed by atoms with Crippen molar-refractivity contribution < 1.29 is 19.0 Å². The Morgan fingerprint density at radius 1 is 0.957 bits per heavy atom. The summed E-state index contributed by atoms with van der Waals surface area (Å²) in [6.45, 7) is 5.98. The van der Waals surface area contributed by atoms with Crippen LogP contribution in [-0.2, 0) is 16.1 Å². The predicted molar refractivity (Wildman–Crippen MR) is 88.6 cm³/mol. The van der Waals surface area contributed by atoms with Gasteiger partial charge < -0.3 is 14.2 Å². The Hall–Kier alpha value is -2.49. The molecule has 0 saturated heterocycles. The zero-order chi connectivity index (χ0) is 16.7. The maximum absolute atomic E-state index is 11.8. The van der Waals surface area contributed by atoms with Crippen LogP contribution in [0.2, 0.25) is 0 Å². The van der Waals surface area contributed by atoms with Gasteiger partial charge in [-0.25, -0.2) is 4.79 Å². The van der Waals surface area contributed by atoms with Gasteiger partial charge in [-0.15, -0.1) is 0 Å². The first-order valence-corrected chi connectivity index (χ1v) is 7.64. The molecule has 23 heavy (non-hydrogen) atoms. The summed E-state index contributed by atoms with van der Waals surface area (Å²) in [5.41, 5.74) is 0.0823. The van der Waals surface area contributed by atoms with E-state index in [1.807, 2.05) is 42.5 Å². The van der Waals surface area contributed by atoms with E-state index < -0.39 is 5.60 Å². The Morgan fingerprint density at radius 3 is 2.17 bits per heavy atom. The van der Waals surface area contributed by atoms with Crippen molar-refractivity contribution in [2.75, 3.05) is 6.61 Å². The standard InChI is InChI=1S/C19H22O4/c1-4-21-18(20)19(2,3)23-17-12-10-16(11-13-17)22-14-15-8-6-5-7-9-15/h5-13H,4,14H2,1-3H3. The lowest BCUT2D eigenvalue weighted by Crippen LogP contribution is -2.39. The number of rotatable bonds is 7. The second-order valence-electron chi connectivity index (χ2n) is 5.58. The van der Waals surface area contributed by atoms with Crippen LogP contribution in [0, 0.1) is 0 Å². The summed E-state index contributed by atoms with van der Waals surface area (Å²) in [5, 5.41) is 0. The Kier molecular flexibility index (Phi) is 5.63. The van der Waals surface area contributed by atoms with Crippen molar-refractivity contribution in [3.63, 3.8) is 0 Å². The summed E-state index contributed by atoms with van der Waals surface area (Å²) in [4.78, 5) is 11.8. The first-order valence-electron chi connectivity index (χ1n) is 7.64. The molecule has 0 unspecified atom stereocenters. The zero-order valence-corrected chi connectivity index (χ0v) is 13.7. The van der Waals surface area contributed by atoms with Gasteiger partial charge in [0.15, 0.2) is 5.60 Å². The Morgan fingerprint density at radius 2 is 1.57 bits per heavy atom. The van der Waals surface area contributed by atoms with Crippen molar-refractivity contribution in [1.82, 2.24) is 0 Å². The summed E-state index contributed by atoms with van der Waals surface area (Å²) >= 11 is 0. The van der Waals surface area contributed by atoms with Gasteiger partial charge in [0.25, 0.3) is 0 Å². The second kappa shape index (κ2) is 7.68. The van der Waals surface area contributed by atoms with Gasteiger partial charge in [-0.05, 0) is 50.6 Å². The number of carbonyl (C=O) groups is 1. The molecule has 2 aromatic carbocycles. The van der Waals surface area contributed by atoms with Crippen molar-refractivity contribution in [3.05, 3.63) is 60.2 Å². The molecule has 2 rings (SSSR count). The lowest BCUT2D eigenvalue weighted by Gasteiger charge is -2.24. The Bertz CT molecular complexity index is 618. The number of ether oxygens (including phenoxy) is 3. The minimum absolute atomic E-state index is 0.331. The minimum atomic E-state index is -1.03. The maximum atomic E-state index is 11.8. The first kappa shape index (κ1) is 16.9. The Labute approximate surface area is 137 Å². The molecule has 0 aliphatic rings. The van der Waals surface area contributed by atoms with E-state index in [1.165, 1.54) is 0 Å². The average Bonchev–Trinajstić information content (AvgIpc) is 2.55. The van der Waals surface area contributed by atoms with E-state index in [2.05, 4.69) is 0 Å². The zero-order valence-electron chi connectivity index (χ0n) is 13.7. The fourth-order valence-corrected chi connectivity index (χ4v) is 1.99. The van der Waals surface area contributed by atoms with E-state index >= 15 is 0 Å². The van der Waals surface area contributed by atoms with E-state index in [0.29, 0.717) is 19.0 Å². The third kappa shape index (κ3) is 5.02. The summed E-state index contributed by atoms with van der Waals surface area (Å²) in [7, 11) is 0. The molecule has 0 bridgehead atoms. The Balaban J connectivity index is 1.93. The number of esters is 1. The minimum Gasteiger partial charge on any atom is -0.489 e. The third-order valence-electron chi connectivity index (χ3n) is 3.21. The number of benzene rings is 2. The summed E-state index contributed by atoms with van der Waals surface area (Å²) in [6, 6.07) is 17.2. The molecule has 0 N–H and O–H groups in total. The van der Waals surface area contributed by atoms with Gasteiger partial charge in [0, 0.05) is 0 Å². The van der Waals surface area contributed by atoms with Crippen molar-refractivity contribution in [2.45, 2.75) is 33.0 Å². The summed E-state index contributed by atoms with van der Waals surface area (Å²) in [6.07, 6.45) is 0. The van der Waals surface area contributed by atoms with Crippen LogP contribution in [0.25, 0.3) is 0 Å². The molecule has 0 fully saturated rings. The fraction of sp³-hybridized carbons (Fsp3) is 0.316. The molecular weight excluding hydrogens is 292 g/mol. The van der Waals surface area contributed by atoms with Gasteiger partial charge in [-0.1, -0.05) is 30.3 Å². The molecule has 4 heteroatoms. The molecule has 4 nitrogen and oxygen atoms in total. The normalized spacial score (nSPS) is 10.9. The van der Waals surface area contributed by atoms with Gasteiger partial charge in [-0.2, -0.15) is 0 Å². The topological polar surface area (TPSA) is 44.8 Å².